The molecule has 0 fully saturated rings. The Labute approximate surface area is 199 Å². The second-order valence-corrected chi connectivity index (χ2v) is 9.39. The number of Topliss-reactive ketones (excluding diaryl/α,β-unsaturated/α-hetero) is 1. The monoisotopic (exact) mass is 551 g/mol. The highest BCUT2D eigenvalue weighted by Crippen LogP contribution is 2.26. The number of pyridine rings is 1. The lowest BCUT2D eigenvalue weighted by molar-refractivity contribution is -0.116. The highest BCUT2D eigenvalue weighted by atomic mass is 79.9. The Morgan fingerprint density at radius 3 is 2.30 bits per heavy atom. The van der Waals surface area contributed by atoms with Crippen molar-refractivity contribution in [2.24, 2.45) is 0 Å². The maximum absolute atomic E-state index is 10.7. The number of rotatable bonds is 6. The number of hydrogen-bond donors (Lipinski definition) is 1. The minimum Gasteiger partial charge on any atom is -0.393 e. The van der Waals surface area contributed by atoms with E-state index in [9.17, 15) is 9.90 Å². The van der Waals surface area contributed by atoms with Crippen LogP contribution < -0.4 is 0 Å². The standard InChI is InChI=1S/C15H15BrClNO.C9H9BrO/c1-10(19)15(12-7-13(16)9-18-8-12)6-11-2-4-14(17)5-3-11;1-7(11)5-8-3-2-4-9(10)6-8/h2-5,7-10,15,19H,6H2,1H3;2-4,6H,5H2,1H3. The molecule has 30 heavy (non-hydrogen) atoms. The van der Waals surface area contributed by atoms with Gasteiger partial charge in [-0.3, -0.25) is 9.78 Å². The summed E-state index contributed by atoms with van der Waals surface area (Å²) in [6.45, 7) is 3.41. The van der Waals surface area contributed by atoms with Crippen LogP contribution in [0.25, 0.3) is 0 Å². The molecule has 3 aromatic rings. The number of hydrogen-bond acceptors (Lipinski definition) is 3. The Kier molecular flexibility index (Phi) is 10.2. The summed E-state index contributed by atoms with van der Waals surface area (Å²) in [6, 6.07) is 17.5. The molecule has 3 rings (SSSR count). The summed E-state index contributed by atoms with van der Waals surface area (Å²) in [5, 5.41) is 10.7. The third kappa shape index (κ3) is 8.68. The summed E-state index contributed by atoms with van der Waals surface area (Å²) in [5.41, 5.74) is 3.24. The Morgan fingerprint density at radius 2 is 1.73 bits per heavy atom. The molecule has 1 N–H and O–H groups in total. The zero-order chi connectivity index (χ0) is 22.1. The fraction of sp³-hybridized carbons (Fsp3) is 0.250. The lowest BCUT2D eigenvalue weighted by Crippen LogP contribution is -2.17. The Morgan fingerprint density at radius 1 is 1.03 bits per heavy atom. The van der Waals surface area contributed by atoms with Crippen molar-refractivity contribution in [2.45, 2.75) is 38.7 Å². The van der Waals surface area contributed by atoms with Crippen molar-refractivity contribution >= 4 is 49.2 Å². The third-order valence-corrected chi connectivity index (χ3v) is 5.63. The van der Waals surface area contributed by atoms with Crippen LogP contribution in [0.5, 0.6) is 0 Å². The van der Waals surface area contributed by atoms with E-state index in [4.69, 9.17) is 11.6 Å². The number of carbonyl (C=O) groups is 1. The van der Waals surface area contributed by atoms with Crippen LogP contribution in [-0.2, 0) is 17.6 Å². The first-order valence-electron chi connectivity index (χ1n) is 9.51. The van der Waals surface area contributed by atoms with Crippen LogP contribution in [0.1, 0.15) is 36.5 Å². The van der Waals surface area contributed by atoms with Gasteiger partial charge in [0.25, 0.3) is 0 Å². The fourth-order valence-electron chi connectivity index (χ4n) is 3.01. The van der Waals surface area contributed by atoms with Gasteiger partial charge in [-0.05, 0) is 83.2 Å². The van der Waals surface area contributed by atoms with Gasteiger partial charge in [0.05, 0.1) is 6.10 Å². The molecule has 0 aliphatic heterocycles. The highest BCUT2D eigenvalue weighted by molar-refractivity contribution is 9.10. The number of carbonyl (C=O) groups excluding carboxylic acids is 1. The van der Waals surface area contributed by atoms with Crippen molar-refractivity contribution in [3.05, 3.63) is 97.6 Å². The number of aromatic nitrogens is 1. The zero-order valence-corrected chi connectivity index (χ0v) is 20.8. The van der Waals surface area contributed by atoms with Crippen molar-refractivity contribution in [1.29, 1.82) is 0 Å². The largest absolute Gasteiger partial charge is 0.393 e. The summed E-state index contributed by atoms with van der Waals surface area (Å²) < 4.78 is 1.95. The topological polar surface area (TPSA) is 50.2 Å². The maximum atomic E-state index is 10.7. The van der Waals surface area contributed by atoms with Crippen molar-refractivity contribution in [2.75, 3.05) is 0 Å². The van der Waals surface area contributed by atoms with Gasteiger partial charge in [0.15, 0.2) is 0 Å². The second-order valence-electron chi connectivity index (χ2n) is 7.12. The summed E-state index contributed by atoms with van der Waals surface area (Å²) in [4.78, 5) is 14.9. The molecule has 0 aliphatic rings. The molecule has 2 aromatic carbocycles. The number of ketones is 1. The lowest BCUT2D eigenvalue weighted by atomic mass is 9.89. The quantitative estimate of drug-likeness (QED) is 0.366. The van der Waals surface area contributed by atoms with Gasteiger partial charge < -0.3 is 5.11 Å². The molecule has 3 nitrogen and oxygen atoms in total. The normalized spacial score (nSPS) is 12.5. The van der Waals surface area contributed by atoms with Gasteiger partial charge in [-0.1, -0.05) is 51.8 Å². The Bertz CT molecular complexity index is 961. The molecule has 158 valence electrons. The van der Waals surface area contributed by atoms with E-state index in [-0.39, 0.29) is 11.7 Å². The van der Waals surface area contributed by atoms with Gasteiger partial charge in [0.1, 0.15) is 5.78 Å². The van der Waals surface area contributed by atoms with Gasteiger partial charge in [-0.15, -0.1) is 0 Å². The molecular formula is C24H24Br2ClNO2. The molecule has 6 heteroatoms. The summed E-state index contributed by atoms with van der Waals surface area (Å²) in [5.74, 6) is 0.217. The molecule has 1 aromatic heterocycles. The maximum Gasteiger partial charge on any atom is 0.134 e. The van der Waals surface area contributed by atoms with Crippen LogP contribution in [0.3, 0.4) is 0 Å². The van der Waals surface area contributed by atoms with Crippen LogP contribution in [-0.4, -0.2) is 22.0 Å². The van der Waals surface area contributed by atoms with Gasteiger partial charge in [-0.2, -0.15) is 0 Å². The average molecular weight is 554 g/mol. The van der Waals surface area contributed by atoms with Crippen LogP contribution in [0.4, 0.5) is 0 Å². The molecule has 0 spiro atoms. The molecule has 0 amide bonds. The minimum atomic E-state index is -0.438. The zero-order valence-electron chi connectivity index (χ0n) is 16.9. The Hall–Kier alpha value is -1.53. The average Bonchev–Trinajstić information content (AvgIpc) is 2.67. The molecule has 2 atom stereocenters. The molecule has 0 aliphatic carbocycles. The van der Waals surface area contributed by atoms with Crippen molar-refractivity contribution < 1.29 is 9.90 Å². The molecule has 2 unspecified atom stereocenters. The highest BCUT2D eigenvalue weighted by Gasteiger charge is 2.18. The van der Waals surface area contributed by atoms with E-state index in [0.717, 1.165) is 37.1 Å². The van der Waals surface area contributed by atoms with Crippen LogP contribution in [0.2, 0.25) is 5.02 Å². The van der Waals surface area contributed by atoms with Gasteiger partial charge in [0.2, 0.25) is 0 Å². The van der Waals surface area contributed by atoms with Crippen LogP contribution >= 0.6 is 43.5 Å². The molecule has 0 bridgehead atoms. The van der Waals surface area contributed by atoms with E-state index in [0.29, 0.717) is 6.42 Å². The number of nitrogens with zero attached hydrogens (tertiary/aromatic N) is 1. The second kappa shape index (κ2) is 12.4. The fourth-order valence-corrected chi connectivity index (χ4v) is 3.96. The molecule has 0 radical (unpaired) electrons. The number of aliphatic hydroxyl groups excluding tert-OH is 1. The van der Waals surface area contributed by atoms with E-state index in [1.54, 1.807) is 19.3 Å². The van der Waals surface area contributed by atoms with E-state index >= 15 is 0 Å². The Balaban J connectivity index is 0.000000248. The van der Waals surface area contributed by atoms with Crippen molar-refractivity contribution in [3.8, 4) is 0 Å². The van der Waals surface area contributed by atoms with E-state index < -0.39 is 6.10 Å². The molecule has 0 saturated carbocycles. The smallest absolute Gasteiger partial charge is 0.134 e. The lowest BCUT2D eigenvalue weighted by Gasteiger charge is -2.20. The van der Waals surface area contributed by atoms with Crippen LogP contribution in [0, 0.1) is 0 Å². The van der Waals surface area contributed by atoms with Crippen molar-refractivity contribution in [1.82, 2.24) is 4.98 Å². The van der Waals surface area contributed by atoms with Gasteiger partial charge in [-0.25, -0.2) is 0 Å². The minimum absolute atomic E-state index is 0.0196. The molecule has 1 heterocycles. The molecular weight excluding hydrogens is 530 g/mol. The third-order valence-electron chi connectivity index (χ3n) is 4.45. The number of aliphatic hydroxyl groups is 1. The van der Waals surface area contributed by atoms with Gasteiger partial charge >= 0.3 is 0 Å². The predicted molar refractivity (Wildman–Crippen MR) is 130 cm³/mol. The summed E-state index contributed by atoms with van der Waals surface area (Å²) in [6.07, 6.45) is 4.39. The van der Waals surface area contributed by atoms with Gasteiger partial charge in [0, 0.05) is 38.7 Å². The van der Waals surface area contributed by atoms with E-state index in [1.807, 2.05) is 61.5 Å². The predicted octanol–water partition coefficient (Wildman–Crippen LogP) is 6.79. The first-order valence-corrected chi connectivity index (χ1v) is 11.5. The van der Waals surface area contributed by atoms with Crippen LogP contribution in [0.15, 0.2) is 75.9 Å². The first-order chi connectivity index (χ1) is 14.2. The van der Waals surface area contributed by atoms with E-state index in [1.165, 1.54) is 0 Å². The number of benzene rings is 2. The summed E-state index contributed by atoms with van der Waals surface area (Å²) >= 11 is 12.6. The van der Waals surface area contributed by atoms with E-state index in [2.05, 4.69) is 36.8 Å². The molecule has 0 saturated heterocycles. The summed E-state index contributed by atoms with van der Waals surface area (Å²) in [7, 11) is 0. The SMILES string of the molecule is CC(=O)Cc1cccc(Br)c1.CC(O)C(Cc1ccc(Cl)cc1)c1cncc(Br)c1. The first kappa shape index (κ1) is 24.7. The van der Waals surface area contributed by atoms with Crippen molar-refractivity contribution in [3.63, 3.8) is 0 Å². The number of halogens is 3.